The van der Waals surface area contributed by atoms with Crippen LogP contribution in [0.3, 0.4) is 0 Å². The van der Waals surface area contributed by atoms with Crippen LogP contribution in [0.2, 0.25) is 0 Å². The van der Waals surface area contributed by atoms with Gasteiger partial charge in [0.15, 0.2) is 10.9 Å². The number of morpholine rings is 1. The van der Waals surface area contributed by atoms with E-state index in [-0.39, 0.29) is 17.1 Å². The van der Waals surface area contributed by atoms with E-state index in [0.29, 0.717) is 22.6 Å². The van der Waals surface area contributed by atoms with Crippen molar-refractivity contribution in [2.75, 3.05) is 38.6 Å². The topological polar surface area (TPSA) is 64.4 Å². The van der Waals surface area contributed by atoms with Crippen LogP contribution in [0.4, 0.5) is 0 Å². The molecule has 1 saturated heterocycles. The van der Waals surface area contributed by atoms with E-state index in [1.807, 2.05) is 57.2 Å². The van der Waals surface area contributed by atoms with Crippen LogP contribution in [0.5, 0.6) is 0 Å². The van der Waals surface area contributed by atoms with E-state index < -0.39 is 0 Å². The van der Waals surface area contributed by atoms with Crippen LogP contribution in [0.15, 0.2) is 46.3 Å². The van der Waals surface area contributed by atoms with Gasteiger partial charge in [0.1, 0.15) is 0 Å². The molecular weight excluding hydrogens is 434 g/mol. The number of fused-ring (bicyclic) bond motifs is 1. The molecule has 6 nitrogen and oxygen atoms in total. The summed E-state index contributed by atoms with van der Waals surface area (Å²) in [6.07, 6.45) is 0.845. The molecule has 0 atom stereocenters. The van der Waals surface area contributed by atoms with Crippen LogP contribution in [0.1, 0.15) is 33.5 Å². The van der Waals surface area contributed by atoms with Gasteiger partial charge < -0.3 is 4.74 Å². The number of benzene rings is 2. The fraction of sp³-hybridized carbons (Fsp3) is 0.423. The third kappa shape index (κ3) is 5.54. The van der Waals surface area contributed by atoms with E-state index in [2.05, 4.69) is 4.90 Å². The van der Waals surface area contributed by atoms with Crippen molar-refractivity contribution in [3.05, 3.63) is 69.0 Å². The first kappa shape index (κ1) is 23.7. The predicted molar refractivity (Wildman–Crippen MR) is 134 cm³/mol. The molecule has 0 spiro atoms. The molecular formula is C26H31N3O3S. The molecule has 1 aromatic heterocycles. The summed E-state index contributed by atoms with van der Waals surface area (Å²) >= 11 is 1.36. The third-order valence-corrected chi connectivity index (χ3v) is 7.05. The number of hydrogen-bond donors (Lipinski definition) is 0. The van der Waals surface area contributed by atoms with E-state index in [1.165, 1.54) is 11.8 Å². The number of ether oxygens (including phenoxy) is 1. The summed E-state index contributed by atoms with van der Waals surface area (Å²) in [5.41, 5.74) is 4.54. The number of nitrogens with zero attached hydrogens (tertiary/aromatic N) is 3. The lowest BCUT2D eigenvalue weighted by Gasteiger charge is -2.26. The maximum Gasteiger partial charge on any atom is 0.262 e. The minimum absolute atomic E-state index is 0.0415. The molecule has 0 radical (unpaired) electrons. The Morgan fingerprint density at radius 3 is 2.48 bits per heavy atom. The highest BCUT2D eigenvalue weighted by Crippen LogP contribution is 2.23. The number of hydrogen-bond acceptors (Lipinski definition) is 6. The number of thioether (sulfide) groups is 1. The van der Waals surface area contributed by atoms with Crippen LogP contribution in [0.25, 0.3) is 10.9 Å². The minimum Gasteiger partial charge on any atom is -0.379 e. The number of ketones is 1. The molecule has 2 aromatic carbocycles. The SMILES string of the molecule is Cc1cc(C)c(C(=O)CSc2nc3ccccc3c(=O)n2CCCN2CCOCC2)c(C)c1. The first-order chi connectivity index (χ1) is 15.9. The number of rotatable bonds is 8. The van der Waals surface area contributed by atoms with Gasteiger partial charge in [0.25, 0.3) is 5.56 Å². The molecule has 1 aliphatic heterocycles. The molecule has 0 saturated carbocycles. The smallest absolute Gasteiger partial charge is 0.262 e. The highest BCUT2D eigenvalue weighted by molar-refractivity contribution is 7.99. The zero-order chi connectivity index (χ0) is 23.4. The van der Waals surface area contributed by atoms with Crippen LogP contribution >= 0.6 is 11.8 Å². The summed E-state index contributed by atoms with van der Waals surface area (Å²) in [5.74, 6) is 0.316. The molecule has 3 aromatic rings. The standard InChI is InChI=1S/C26H31N3O3S/c1-18-15-19(2)24(20(3)16-18)23(30)17-33-26-27-22-8-5-4-7-21(22)25(31)29(26)10-6-9-28-11-13-32-14-12-28/h4-5,7-8,15-16H,6,9-14,17H2,1-3H3. The Balaban J connectivity index is 1.55. The highest BCUT2D eigenvalue weighted by Gasteiger charge is 2.17. The Kier molecular flexibility index (Phi) is 7.63. The molecule has 4 rings (SSSR count). The van der Waals surface area contributed by atoms with Crippen LogP contribution < -0.4 is 5.56 Å². The molecule has 33 heavy (non-hydrogen) atoms. The van der Waals surface area contributed by atoms with Crippen molar-refractivity contribution in [3.63, 3.8) is 0 Å². The number of para-hydroxylation sites is 1. The van der Waals surface area contributed by atoms with Crippen molar-refractivity contribution >= 4 is 28.4 Å². The van der Waals surface area contributed by atoms with Gasteiger partial charge in [-0.05, 0) is 50.5 Å². The van der Waals surface area contributed by atoms with Crippen molar-refractivity contribution in [2.45, 2.75) is 38.9 Å². The van der Waals surface area contributed by atoms with Gasteiger partial charge >= 0.3 is 0 Å². The van der Waals surface area contributed by atoms with Crippen molar-refractivity contribution < 1.29 is 9.53 Å². The number of Topliss-reactive ketones (excluding diaryl/α,β-unsaturated/α-hetero) is 1. The second kappa shape index (κ2) is 10.6. The Hall–Kier alpha value is -2.48. The molecule has 1 fully saturated rings. The number of aryl methyl sites for hydroxylation is 3. The molecule has 2 heterocycles. The molecule has 7 heteroatoms. The van der Waals surface area contributed by atoms with Gasteiger partial charge in [-0.1, -0.05) is 41.6 Å². The van der Waals surface area contributed by atoms with E-state index in [1.54, 1.807) is 4.57 Å². The van der Waals surface area contributed by atoms with Crippen molar-refractivity contribution in [3.8, 4) is 0 Å². The van der Waals surface area contributed by atoms with Crippen molar-refractivity contribution in [2.24, 2.45) is 0 Å². The second-order valence-electron chi connectivity index (χ2n) is 8.66. The lowest BCUT2D eigenvalue weighted by atomic mass is 9.97. The van der Waals surface area contributed by atoms with Gasteiger partial charge in [-0.25, -0.2) is 4.98 Å². The average Bonchev–Trinajstić information content (AvgIpc) is 2.79. The first-order valence-electron chi connectivity index (χ1n) is 11.5. The quantitative estimate of drug-likeness (QED) is 0.284. The molecule has 0 unspecified atom stereocenters. The molecule has 0 bridgehead atoms. The lowest BCUT2D eigenvalue weighted by molar-refractivity contribution is 0.0368. The second-order valence-corrected chi connectivity index (χ2v) is 9.60. The van der Waals surface area contributed by atoms with E-state index in [0.717, 1.165) is 61.5 Å². The lowest BCUT2D eigenvalue weighted by Crippen LogP contribution is -2.37. The number of carbonyl (C=O) groups excluding carboxylic acids is 1. The maximum atomic E-state index is 13.3. The summed E-state index contributed by atoms with van der Waals surface area (Å²) in [6.45, 7) is 10.9. The molecule has 0 aliphatic carbocycles. The zero-order valence-corrected chi connectivity index (χ0v) is 20.4. The van der Waals surface area contributed by atoms with E-state index in [9.17, 15) is 9.59 Å². The van der Waals surface area contributed by atoms with E-state index in [4.69, 9.17) is 9.72 Å². The summed E-state index contributed by atoms with van der Waals surface area (Å²) in [7, 11) is 0. The third-order valence-electron chi connectivity index (χ3n) is 6.07. The normalized spacial score (nSPS) is 14.6. The van der Waals surface area contributed by atoms with Gasteiger partial charge in [0.2, 0.25) is 0 Å². The molecule has 1 aliphatic rings. The van der Waals surface area contributed by atoms with Crippen LogP contribution in [0, 0.1) is 20.8 Å². The molecule has 0 amide bonds. The Morgan fingerprint density at radius 2 is 1.76 bits per heavy atom. The summed E-state index contributed by atoms with van der Waals surface area (Å²) in [5, 5.41) is 1.22. The fourth-order valence-corrected chi connectivity index (χ4v) is 5.45. The van der Waals surface area contributed by atoms with E-state index >= 15 is 0 Å². The van der Waals surface area contributed by atoms with Crippen LogP contribution in [-0.4, -0.2) is 58.8 Å². The molecule has 174 valence electrons. The van der Waals surface area contributed by atoms with Crippen molar-refractivity contribution in [1.29, 1.82) is 0 Å². The number of carbonyl (C=O) groups is 1. The van der Waals surface area contributed by atoms with Gasteiger partial charge in [-0.2, -0.15) is 0 Å². The summed E-state index contributed by atoms with van der Waals surface area (Å²) in [6, 6.07) is 11.5. The Morgan fingerprint density at radius 1 is 1.06 bits per heavy atom. The maximum absolute atomic E-state index is 13.3. The minimum atomic E-state index is -0.0415. The highest BCUT2D eigenvalue weighted by atomic mass is 32.2. The van der Waals surface area contributed by atoms with Gasteiger partial charge in [0.05, 0.1) is 29.9 Å². The summed E-state index contributed by atoms with van der Waals surface area (Å²) < 4.78 is 7.17. The zero-order valence-electron chi connectivity index (χ0n) is 19.6. The van der Waals surface area contributed by atoms with Gasteiger partial charge in [0, 0.05) is 31.7 Å². The van der Waals surface area contributed by atoms with Crippen LogP contribution in [-0.2, 0) is 11.3 Å². The Labute approximate surface area is 199 Å². The summed E-state index contributed by atoms with van der Waals surface area (Å²) in [4.78, 5) is 33.5. The fourth-order valence-electron chi connectivity index (χ4n) is 4.55. The largest absolute Gasteiger partial charge is 0.379 e. The number of aromatic nitrogens is 2. The molecule has 0 N–H and O–H groups in total. The predicted octanol–water partition coefficient (Wildman–Crippen LogP) is 4.02. The average molecular weight is 466 g/mol. The van der Waals surface area contributed by atoms with Crippen molar-refractivity contribution in [1.82, 2.24) is 14.5 Å². The first-order valence-corrected chi connectivity index (χ1v) is 12.5. The monoisotopic (exact) mass is 465 g/mol. The van der Waals surface area contributed by atoms with Gasteiger partial charge in [-0.15, -0.1) is 0 Å². The van der Waals surface area contributed by atoms with Gasteiger partial charge in [-0.3, -0.25) is 19.1 Å². The Bertz CT molecular complexity index is 1190.